The third-order valence-corrected chi connectivity index (χ3v) is 4.75. The molecule has 0 aliphatic heterocycles. The number of benzene rings is 2. The van der Waals surface area contributed by atoms with E-state index in [4.69, 9.17) is 0 Å². The van der Waals surface area contributed by atoms with Crippen molar-refractivity contribution in [3.63, 3.8) is 0 Å². The molecule has 1 N–H and O–H groups in total. The minimum absolute atomic E-state index is 0.0912. The predicted molar refractivity (Wildman–Crippen MR) is 108 cm³/mol. The molecule has 2 aromatic rings. The van der Waals surface area contributed by atoms with Crippen LogP contribution >= 0.6 is 15.9 Å². The van der Waals surface area contributed by atoms with Crippen molar-refractivity contribution >= 4 is 27.7 Å². The quantitative estimate of drug-likeness (QED) is 0.680. The smallest absolute Gasteiger partial charge is 0.242 e. The molecule has 2 amide bonds. The van der Waals surface area contributed by atoms with Gasteiger partial charge in [-0.05, 0) is 42.7 Å². The number of hydrogen-bond donors (Lipinski definition) is 1. The summed E-state index contributed by atoms with van der Waals surface area (Å²) in [6.45, 7) is 4.48. The van der Waals surface area contributed by atoms with Crippen LogP contribution in [-0.2, 0) is 22.6 Å². The first-order chi connectivity index (χ1) is 12.9. The average molecular weight is 435 g/mol. The molecule has 0 radical (unpaired) electrons. The molecule has 4 nitrogen and oxygen atoms in total. The van der Waals surface area contributed by atoms with E-state index in [1.54, 1.807) is 25.1 Å². The lowest BCUT2D eigenvalue weighted by Crippen LogP contribution is -2.48. The van der Waals surface area contributed by atoms with Crippen LogP contribution in [0.4, 0.5) is 4.39 Å². The standard InChI is InChI=1S/C21H24BrFN2O2/c1-3-11-24-21(27)15(2)25(14-16-7-6-9-18(22)12-16)20(26)13-17-8-4-5-10-19(17)23/h4-10,12,15H,3,11,13-14H2,1-2H3,(H,24,27)/t15-/m1/s1. The maximum absolute atomic E-state index is 14.0. The van der Waals surface area contributed by atoms with Crippen LogP contribution in [0.5, 0.6) is 0 Å². The van der Waals surface area contributed by atoms with E-state index in [0.717, 1.165) is 16.5 Å². The van der Waals surface area contributed by atoms with E-state index >= 15 is 0 Å². The maximum Gasteiger partial charge on any atom is 0.242 e. The molecule has 0 fully saturated rings. The van der Waals surface area contributed by atoms with E-state index in [2.05, 4.69) is 21.2 Å². The summed E-state index contributed by atoms with van der Waals surface area (Å²) in [5.74, 6) is -0.927. The molecule has 2 rings (SSSR count). The first-order valence-electron chi connectivity index (χ1n) is 8.97. The fraction of sp³-hybridized carbons (Fsp3) is 0.333. The van der Waals surface area contributed by atoms with Crippen molar-refractivity contribution in [2.24, 2.45) is 0 Å². The van der Waals surface area contributed by atoms with Crippen LogP contribution in [0, 0.1) is 5.82 Å². The zero-order chi connectivity index (χ0) is 19.8. The zero-order valence-corrected chi connectivity index (χ0v) is 17.1. The van der Waals surface area contributed by atoms with E-state index < -0.39 is 11.9 Å². The molecule has 0 saturated heterocycles. The number of carbonyl (C=O) groups is 2. The second kappa shape index (κ2) is 10.2. The van der Waals surface area contributed by atoms with Crippen LogP contribution < -0.4 is 5.32 Å². The Labute approximate surface area is 167 Å². The molecule has 1 atom stereocenters. The monoisotopic (exact) mass is 434 g/mol. The first-order valence-corrected chi connectivity index (χ1v) is 9.76. The van der Waals surface area contributed by atoms with Crippen molar-refractivity contribution in [2.45, 2.75) is 39.3 Å². The van der Waals surface area contributed by atoms with E-state index in [-0.39, 0.29) is 24.8 Å². The third kappa shape index (κ3) is 6.17. The highest BCUT2D eigenvalue weighted by molar-refractivity contribution is 9.10. The van der Waals surface area contributed by atoms with E-state index in [1.807, 2.05) is 31.2 Å². The third-order valence-electron chi connectivity index (χ3n) is 4.26. The van der Waals surface area contributed by atoms with Gasteiger partial charge in [0.2, 0.25) is 11.8 Å². The molecular formula is C21H24BrFN2O2. The molecule has 0 bridgehead atoms. The van der Waals surface area contributed by atoms with Crippen LogP contribution in [0.3, 0.4) is 0 Å². The van der Waals surface area contributed by atoms with Crippen molar-refractivity contribution < 1.29 is 14.0 Å². The van der Waals surface area contributed by atoms with Gasteiger partial charge in [-0.15, -0.1) is 0 Å². The van der Waals surface area contributed by atoms with Gasteiger partial charge in [-0.25, -0.2) is 4.39 Å². The molecule has 0 aliphatic rings. The van der Waals surface area contributed by atoms with Gasteiger partial charge in [-0.3, -0.25) is 9.59 Å². The molecule has 6 heteroatoms. The molecule has 0 unspecified atom stereocenters. The molecule has 0 aliphatic carbocycles. The van der Waals surface area contributed by atoms with E-state index in [9.17, 15) is 14.0 Å². The van der Waals surface area contributed by atoms with Crippen LogP contribution in [0.15, 0.2) is 53.0 Å². The fourth-order valence-electron chi connectivity index (χ4n) is 2.72. The number of nitrogens with zero attached hydrogens (tertiary/aromatic N) is 1. The minimum atomic E-state index is -0.658. The zero-order valence-electron chi connectivity index (χ0n) is 15.5. The Kier molecular flexibility index (Phi) is 7.98. The van der Waals surface area contributed by atoms with Gasteiger partial charge in [0, 0.05) is 17.6 Å². The highest BCUT2D eigenvalue weighted by atomic mass is 79.9. The molecule has 0 spiro atoms. The van der Waals surface area contributed by atoms with Gasteiger partial charge in [0.05, 0.1) is 6.42 Å². The molecule has 0 aromatic heterocycles. The van der Waals surface area contributed by atoms with Crippen molar-refractivity contribution in [1.82, 2.24) is 10.2 Å². The first kappa shape index (κ1) is 21.1. The average Bonchev–Trinajstić information content (AvgIpc) is 2.65. The molecule has 0 heterocycles. The molecule has 0 saturated carbocycles. The van der Waals surface area contributed by atoms with Gasteiger partial charge in [0.1, 0.15) is 11.9 Å². The summed E-state index contributed by atoms with van der Waals surface area (Å²) in [7, 11) is 0. The predicted octanol–water partition coefficient (Wildman–Crippen LogP) is 4.07. The molecular weight excluding hydrogens is 411 g/mol. The maximum atomic E-state index is 14.0. The Balaban J connectivity index is 2.23. The molecule has 27 heavy (non-hydrogen) atoms. The number of rotatable bonds is 8. The molecule has 2 aromatic carbocycles. The normalized spacial score (nSPS) is 11.7. The van der Waals surface area contributed by atoms with Crippen molar-refractivity contribution in [2.75, 3.05) is 6.54 Å². The highest BCUT2D eigenvalue weighted by Gasteiger charge is 2.26. The van der Waals surface area contributed by atoms with Gasteiger partial charge in [0.25, 0.3) is 0 Å². The lowest BCUT2D eigenvalue weighted by atomic mass is 10.1. The minimum Gasteiger partial charge on any atom is -0.354 e. The SMILES string of the molecule is CCCNC(=O)[C@@H](C)N(Cc1cccc(Br)c1)C(=O)Cc1ccccc1F. The van der Waals surface area contributed by atoms with Crippen LogP contribution in [0.1, 0.15) is 31.4 Å². The van der Waals surface area contributed by atoms with Gasteiger partial charge >= 0.3 is 0 Å². The Bertz CT molecular complexity index is 797. The lowest BCUT2D eigenvalue weighted by molar-refractivity contribution is -0.140. The van der Waals surface area contributed by atoms with Crippen molar-refractivity contribution in [1.29, 1.82) is 0 Å². The summed E-state index contributed by atoms with van der Waals surface area (Å²) in [5, 5.41) is 2.82. The topological polar surface area (TPSA) is 49.4 Å². The Morgan fingerprint density at radius 3 is 2.59 bits per heavy atom. The second-order valence-corrected chi connectivity index (χ2v) is 7.30. The van der Waals surface area contributed by atoms with Crippen LogP contribution in [-0.4, -0.2) is 29.3 Å². The summed E-state index contributed by atoms with van der Waals surface area (Å²) >= 11 is 3.42. The Hall–Kier alpha value is -2.21. The largest absolute Gasteiger partial charge is 0.354 e. The van der Waals surface area contributed by atoms with E-state index in [0.29, 0.717) is 12.1 Å². The van der Waals surface area contributed by atoms with Gasteiger partial charge in [0.15, 0.2) is 0 Å². The summed E-state index contributed by atoms with van der Waals surface area (Å²) in [4.78, 5) is 26.9. The summed E-state index contributed by atoms with van der Waals surface area (Å²) in [5.41, 5.74) is 1.21. The highest BCUT2D eigenvalue weighted by Crippen LogP contribution is 2.17. The number of nitrogens with one attached hydrogen (secondary N) is 1. The van der Waals surface area contributed by atoms with Gasteiger partial charge in [-0.1, -0.05) is 53.2 Å². The lowest BCUT2D eigenvalue weighted by Gasteiger charge is -2.29. The van der Waals surface area contributed by atoms with E-state index in [1.165, 1.54) is 11.0 Å². The van der Waals surface area contributed by atoms with Crippen molar-refractivity contribution in [3.05, 3.63) is 69.9 Å². The number of carbonyl (C=O) groups excluding carboxylic acids is 2. The number of hydrogen-bond acceptors (Lipinski definition) is 2. The fourth-order valence-corrected chi connectivity index (χ4v) is 3.16. The Morgan fingerprint density at radius 2 is 1.93 bits per heavy atom. The van der Waals surface area contributed by atoms with Gasteiger partial charge in [-0.2, -0.15) is 0 Å². The summed E-state index contributed by atoms with van der Waals surface area (Å²) in [6, 6.07) is 13.1. The van der Waals surface area contributed by atoms with Gasteiger partial charge < -0.3 is 10.2 Å². The van der Waals surface area contributed by atoms with Crippen LogP contribution in [0.25, 0.3) is 0 Å². The summed E-state index contributed by atoms with van der Waals surface area (Å²) in [6.07, 6.45) is 0.722. The number of amides is 2. The second-order valence-electron chi connectivity index (χ2n) is 6.39. The van der Waals surface area contributed by atoms with Crippen molar-refractivity contribution in [3.8, 4) is 0 Å². The van der Waals surface area contributed by atoms with Crippen LogP contribution in [0.2, 0.25) is 0 Å². The number of halogens is 2. The summed E-state index contributed by atoms with van der Waals surface area (Å²) < 4.78 is 14.9. The Morgan fingerprint density at radius 1 is 1.19 bits per heavy atom. The molecule has 144 valence electrons.